The number of tetrazole rings is 1. The lowest BCUT2D eigenvalue weighted by Gasteiger charge is -2.10. The SMILES string of the molecule is CC(C)(C)c1nc(Cn2nnc(-c3ccc(F)cc3)n2)no1. The Kier molecular flexibility index (Phi) is 3.44. The van der Waals surface area contributed by atoms with Gasteiger partial charge < -0.3 is 4.52 Å². The van der Waals surface area contributed by atoms with Crippen LogP contribution in [0, 0.1) is 5.82 Å². The first-order chi connectivity index (χ1) is 10.4. The van der Waals surface area contributed by atoms with Crippen LogP contribution < -0.4 is 0 Å². The standard InChI is InChI=1S/C14H15FN6O/c1-14(2,3)13-16-11(19-22-13)8-21-18-12(17-20-21)9-4-6-10(15)7-5-9/h4-7H,8H2,1-3H3. The minimum absolute atomic E-state index is 0.208. The van der Waals surface area contributed by atoms with Gasteiger partial charge in [0.2, 0.25) is 11.7 Å². The lowest BCUT2D eigenvalue weighted by Crippen LogP contribution is -2.12. The molecule has 0 N–H and O–H groups in total. The summed E-state index contributed by atoms with van der Waals surface area (Å²) in [4.78, 5) is 5.69. The molecule has 7 nitrogen and oxygen atoms in total. The molecule has 114 valence electrons. The maximum absolute atomic E-state index is 12.9. The van der Waals surface area contributed by atoms with Gasteiger partial charge in [-0.25, -0.2) is 4.39 Å². The van der Waals surface area contributed by atoms with E-state index in [9.17, 15) is 4.39 Å². The van der Waals surface area contributed by atoms with Gasteiger partial charge in [-0.3, -0.25) is 0 Å². The van der Waals surface area contributed by atoms with Gasteiger partial charge in [-0.1, -0.05) is 25.9 Å². The number of hydrogen-bond acceptors (Lipinski definition) is 6. The molecule has 0 atom stereocenters. The summed E-state index contributed by atoms with van der Waals surface area (Å²) in [6.07, 6.45) is 0. The molecule has 22 heavy (non-hydrogen) atoms. The molecule has 0 bridgehead atoms. The van der Waals surface area contributed by atoms with Crippen molar-refractivity contribution in [1.29, 1.82) is 0 Å². The number of aromatic nitrogens is 6. The van der Waals surface area contributed by atoms with Crippen LogP contribution in [0.1, 0.15) is 32.5 Å². The van der Waals surface area contributed by atoms with Gasteiger partial charge in [-0.15, -0.1) is 10.2 Å². The molecule has 0 aliphatic rings. The highest BCUT2D eigenvalue weighted by atomic mass is 19.1. The van der Waals surface area contributed by atoms with Crippen LogP contribution in [0.25, 0.3) is 11.4 Å². The lowest BCUT2D eigenvalue weighted by molar-refractivity contribution is 0.317. The van der Waals surface area contributed by atoms with Gasteiger partial charge in [-0.2, -0.15) is 9.78 Å². The summed E-state index contributed by atoms with van der Waals surface area (Å²) in [5, 5.41) is 16.0. The molecule has 0 aliphatic heterocycles. The molecule has 0 saturated heterocycles. The number of rotatable bonds is 3. The summed E-state index contributed by atoms with van der Waals surface area (Å²) in [6, 6.07) is 5.90. The topological polar surface area (TPSA) is 82.5 Å². The van der Waals surface area contributed by atoms with E-state index in [4.69, 9.17) is 4.52 Å². The largest absolute Gasteiger partial charge is 0.339 e. The third-order valence-electron chi connectivity index (χ3n) is 2.95. The Morgan fingerprint density at radius 2 is 1.91 bits per heavy atom. The molecule has 0 fully saturated rings. The van der Waals surface area contributed by atoms with Crippen LogP contribution in [-0.2, 0) is 12.0 Å². The zero-order chi connectivity index (χ0) is 15.7. The average Bonchev–Trinajstić information content (AvgIpc) is 3.09. The lowest BCUT2D eigenvalue weighted by atomic mass is 9.97. The van der Waals surface area contributed by atoms with Crippen LogP contribution in [0.5, 0.6) is 0 Å². The fourth-order valence-corrected chi connectivity index (χ4v) is 1.77. The van der Waals surface area contributed by atoms with Crippen LogP contribution in [0.3, 0.4) is 0 Å². The maximum Gasteiger partial charge on any atom is 0.232 e. The Labute approximate surface area is 126 Å². The predicted molar refractivity (Wildman–Crippen MR) is 75.3 cm³/mol. The summed E-state index contributed by atoms with van der Waals surface area (Å²) in [7, 11) is 0. The molecular formula is C14H15FN6O. The first-order valence-electron chi connectivity index (χ1n) is 6.78. The van der Waals surface area contributed by atoms with E-state index in [-0.39, 0.29) is 17.8 Å². The third kappa shape index (κ3) is 3.00. The molecule has 3 rings (SSSR count). The average molecular weight is 302 g/mol. The van der Waals surface area contributed by atoms with Crippen molar-refractivity contribution in [2.45, 2.75) is 32.7 Å². The third-order valence-corrected chi connectivity index (χ3v) is 2.95. The van der Waals surface area contributed by atoms with Gasteiger partial charge in [0.1, 0.15) is 12.4 Å². The zero-order valence-electron chi connectivity index (χ0n) is 12.5. The molecule has 0 aliphatic carbocycles. The Hall–Kier alpha value is -2.64. The summed E-state index contributed by atoms with van der Waals surface area (Å²) in [6.45, 7) is 6.23. The zero-order valence-corrected chi connectivity index (χ0v) is 12.5. The summed E-state index contributed by atoms with van der Waals surface area (Å²) in [5.74, 6) is 1.14. The molecule has 8 heteroatoms. The molecule has 1 aromatic carbocycles. The number of hydrogen-bond donors (Lipinski definition) is 0. The van der Waals surface area contributed by atoms with Crippen molar-refractivity contribution in [2.75, 3.05) is 0 Å². The van der Waals surface area contributed by atoms with Crippen LogP contribution >= 0.6 is 0 Å². The first kappa shape index (κ1) is 14.3. The number of benzene rings is 1. The van der Waals surface area contributed by atoms with Gasteiger partial charge in [0.15, 0.2) is 5.82 Å². The molecule has 0 radical (unpaired) electrons. The van der Waals surface area contributed by atoms with Gasteiger partial charge in [0.25, 0.3) is 0 Å². The van der Waals surface area contributed by atoms with Crippen molar-refractivity contribution in [2.24, 2.45) is 0 Å². The minimum Gasteiger partial charge on any atom is -0.339 e. The fourth-order valence-electron chi connectivity index (χ4n) is 1.77. The molecule has 0 unspecified atom stereocenters. The smallest absolute Gasteiger partial charge is 0.232 e. The predicted octanol–water partition coefficient (Wildman–Crippen LogP) is 2.21. The molecule has 0 spiro atoms. The molecular weight excluding hydrogens is 287 g/mol. The van der Waals surface area contributed by atoms with Crippen LogP contribution in [0.4, 0.5) is 4.39 Å². The number of nitrogens with zero attached hydrogens (tertiary/aromatic N) is 6. The van der Waals surface area contributed by atoms with Crippen LogP contribution in [-0.4, -0.2) is 30.3 Å². The van der Waals surface area contributed by atoms with Gasteiger partial charge in [-0.05, 0) is 29.5 Å². The van der Waals surface area contributed by atoms with Crippen molar-refractivity contribution in [1.82, 2.24) is 30.3 Å². The summed E-state index contributed by atoms with van der Waals surface area (Å²) >= 11 is 0. The first-order valence-corrected chi connectivity index (χ1v) is 6.78. The Balaban J connectivity index is 1.77. The quantitative estimate of drug-likeness (QED) is 0.737. The second kappa shape index (κ2) is 5.28. The van der Waals surface area contributed by atoms with E-state index in [1.807, 2.05) is 20.8 Å². The van der Waals surface area contributed by atoms with Crippen molar-refractivity contribution in [3.05, 3.63) is 41.8 Å². The van der Waals surface area contributed by atoms with Gasteiger partial charge in [0.05, 0.1) is 0 Å². The second-order valence-corrected chi connectivity index (χ2v) is 5.92. The van der Waals surface area contributed by atoms with E-state index >= 15 is 0 Å². The van der Waals surface area contributed by atoms with E-state index in [1.54, 1.807) is 12.1 Å². The second-order valence-electron chi connectivity index (χ2n) is 5.92. The van der Waals surface area contributed by atoms with Gasteiger partial charge in [0, 0.05) is 11.0 Å². The minimum atomic E-state index is -0.308. The molecule has 0 amide bonds. The van der Waals surface area contributed by atoms with Crippen molar-refractivity contribution < 1.29 is 8.91 Å². The summed E-state index contributed by atoms with van der Waals surface area (Å²) < 4.78 is 18.1. The molecule has 2 heterocycles. The highest BCUT2D eigenvalue weighted by Gasteiger charge is 2.22. The maximum atomic E-state index is 12.9. The van der Waals surface area contributed by atoms with E-state index < -0.39 is 0 Å². The molecule has 0 saturated carbocycles. The highest BCUT2D eigenvalue weighted by molar-refractivity contribution is 5.53. The molecule has 3 aromatic rings. The van der Waals surface area contributed by atoms with Crippen molar-refractivity contribution in [3.8, 4) is 11.4 Å². The Morgan fingerprint density at radius 3 is 2.55 bits per heavy atom. The van der Waals surface area contributed by atoms with E-state index in [1.165, 1.54) is 16.9 Å². The summed E-state index contributed by atoms with van der Waals surface area (Å²) in [5.41, 5.74) is 0.483. The highest BCUT2D eigenvalue weighted by Crippen LogP contribution is 2.20. The monoisotopic (exact) mass is 302 g/mol. The number of halogens is 1. The van der Waals surface area contributed by atoms with Crippen LogP contribution in [0.15, 0.2) is 28.8 Å². The molecule has 2 aromatic heterocycles. The van der Waals surface area contributed by atoms with E-state index in [0.29, 0.717) is 23.1 Å². The van der Waals surface area contributed by atoms with Crippen LogP contribution in [0.2, 0.25) is 0 Å². The van der Waals surface area contributed by atoms with Crippen molar-refractivity contribution >= 4 is 0 Å². The normalized spacial score (nSPS) is 11.8. The fraction of sp³-hybridized carbons (Fsp3) is 0.357. The van der Waals surface area contributed by atoms with Crippen molar-refractivity contribution in [3.63, 3.8) is 0 Å². The van der Waals surface area contributed by atoms with Gasteiger partial charge >= 0.3 is 0 Å². The van der Waals surface area contributed by atoms with E-state index in [0.717, 1.165) is 0 Å². The Morgan fingerprint density at radius 1 is 1.18 bits per heavy atom. The van der Waals surface area contributed by atoms with E-state index in [2.05, 4.69) is 25.6 Å². The Bertz CT molecular complexity index is 771.